The van der Waals surface area contributed by atoms with Crippen LogP contribution in [0, 0.1) is 0 Å². The second-order valence-corrected chi connectivity index (χ2v) is 6.60. The van der Waals surface area contributed by atoms with Gasteiger partial charge in [0.05, 0.1) is 23.4 Å². The third-order valence-electron chi connectivity index (χ3n) is 4.27. The minimum absolute atomic E-state index is 0.448. The number of aromatic nitrogens is 1. The fraction of sp³-hybridized carbons (Fsp3) is 0.278. The summed E-state index contributed by atoms with van der Waals surface area (Å²) < 4.78 is 6.52. The number of hydrogen-bond acceptors (Lipinski definition) is 4. The third kappa shape index (κ3) is 2.33. The molecular formula is C18H18N2OS. The van der Waals surface area contributed by atoms with Crippen LogP contribution >= 0.6 is 11.3 Å². The summed E-state index contributed by atoms with van der Waals surface area (Å²) >= 11 is 1.77. The van der Waals surface area contributed by atoms with Gasteiger partial charge in [0, 0.05) is 12.6 Å². The molecule has 4 heteroatoms. The molecule has 3 aromatic rings. The maximum atomic E-state index is 5.30. The third-order valence-corrected chi connectivity index (χ3v) is 5.34. The molecule has 3 nitrogen and oxygen atoms in total. The van der Waals surface area contributed by atoms with Gasteiger partial charge < -0.3 is 9.64 Å². The number of thiazole rings is 1. The van der Waals surface area contributed by atoms with E-state index < -0.39 is 0 Å². The van der Waals surface area contributed by atoms with Crippen LogP contribution in [-0.2, 0) is 0 Å². The fourth-order valence-corrected chi connectivity index (χ4v) is 4.18. The zero-order chi connectivity index (χ0) is 14.9. The van der Waals surface area contributed by atoms with Crippen molar-refractivity contribution in [2.45, 2.75) is 18.9 Å². The van der Waals surface area contributed by atoms with Gasteiger partial charge in [-0.2, -0.15) is 0 Å². The zero-order valence-electron chi connectivity index (χ0n) is 12.5. The molecule has 112 valence electrons. The fourth-order valence-electron chi connectivity index (χ4n) is 3.16. The monoisotopic (exact) mass is 310 g/mol. The van der Waals surface area contributed by atoms with E-state index in [1.54, 1.807) is 18.4 Å². The average molecular weight is 310 g/mol. The normalized spacial score (nSPS) is 18.0. The summed E-state index contributed by atoms with van der Waals surface area (Å²) in [6.07, 6.45) is 2.42. The van der Waals surface area contributed by atoms with E-state index in [9.17, 15) is 0 Å². The summed E-state index contributed by atoms with van der Waals surface area (Å²) in [4.78, 5) is 7.29. The molecule has 0 amide bonds. The first kappa shape index (κ1) is 13.6. The smallest absolute Gasteiger partial charge is 0.186 e. The van der Waals surface area contributed by atoms with Crippen molar-refractivity contribution < 1.29 is 4.74 Å². The molecule has 1 aromatic heterocycles. The molecule has 0 spiro atoms. The quantitative estimate of drug-likeness (QED) is 0.704. The van der Waals surface area contributed by atoms with Gasteiger partial charge in [-0.05, 0) is 30.5 Å². The predicted molar refractivity (Wildman–Crippen MR) is 91.9 cm³/mol. The van der Waals surface area contributed by atoms with E-state index in [1.165, 1.54) is 23.1 Å². The summed E-state index contributed by atoms with van der Waals surface area (Å²) in [6.45, 7) is 1.08. The molecule has 2 heterocycles. The van der Waals surface area contributed by atoms with Crippen LogP contribution in [0.5, 0.6) is 5.75 Å². The average Bonchev–Trinajstić information content (AvgIpc) is 3.21. The lowest BCUT2D eigenvalue weighted by Gasteiger charge is -2.24. The summed E-state index contributed by atoms with van der Waals surface area (Å²) in [7, 11) is 1.69. The van der Waals surface area contributed by atoms with Crippen LogP contribution in [0.4, 0.5) is 5.13 Å². The Morgan fingerprint density at radius 1 is 1.18 bits per heavy atom. The Hall–Kier alpha value is -2.07. The van der Waals surface area contributed by atoms with Gasteiger partial charge in [0.25, 0.3) is 0 Å². The maximum absolute atomic E-state index is 5.30. The van der Waals surface area contributed by atoms with Crippen molar-refractivity contribution in [1.29, 1.82) is 0 Å². The number of methoxy groups -OCH3 is 1. The Morgan fingerprint density at radius 3 is 2.86 bits per heavy atom. The van der Waals surface area contributed by atoms with Crippen molar-refractivity contribution in [2.75, 3.05) is 18.6 Å². The molecule has 1 aliphatic heterocycles. The summed E-state index contributed by atoms with van der Waals surface area (Å²) in [6, 6.07) is 17.3. The minimum atomic E-state index is 0.448. The molecule has 1 unspecified atom stereocenters. The highest BCUT2D eigenvalue weighted by Gasteiger charge is 2.28. The van der Waals surface area contributed by atoms with Crippen LogP contribution in [-0.4, -0.2) is 18.6 Å². The van der Waals surface area contributed by atoms with Gasteiger partial charge in [-0.3, -0.25) is 0 Å². The highest BCUT2D eigenvalue weighted by molar-refractivity contribution is 7.22. The van der Waals surface area contributed by atoms with E-state index in [0.717, 1.165) is 22.9 Å². The van der Waals surface area contributed by atoms with Crippen LogP contribution in [0.3, 0.4) is 0 Å². The molecule has 0 N–H and O–H groups in total. The topological polar surface area (TPSA) is 25.4 Å². The molecule has 1 atom stereocenters. The van der Waals surface area contributed by atoms with Gasteiger partial charge in [-0.15, -0.1) is 0 Å². The first-order chi connectivity index (χ1) is 10.8. The molecule has 1 saturated heterocycles. The van der Waals surface area contributed by atoms with Crippen LogP contribution in [0.25, 0.3) is 10.2 Å². The van der Waals surface area contributed by atoms with Crippen molar-refractivity contribution in [3.8, 4) is 5.75 Å². The predicted octanol–water partition coefficient (Wildman–Crippen LogP) is 4.65. The Morgan fingerprint density at radius 2 is 2.05 bits per heavy atom. The lowest BCUT2D eigenvalue weighted by molar-refractivity contribution is 0.415. The second-order valence-electron chi connectivity index (χ2n) is 5.59. The molecule has 1 aliphatic rings. The molecule has 22 heavy (non-hydrogen) atoms. The summed E-state index contributed by atoms with van der Waals surface area (Å²) in [5, 5.41) is 1.12. The molecule has 0 aliphatic carbocycles. The van der Waals surface area contributed by atoms with E-state index in [1.807, 2.05) is 12.1 Å². The number of hydrogen-bond donors (Lipinski definition) is 0. The number of benzene rings is 2. The maximum Gasteiger partial charge on any atom is 0.186 e. The van der Waals surface area contributed by atoms with E-state index in [2.05, 4.69) is 41.3 Å². The lowest BCUT2D eigenvalue weighted by Crippen LogP contribution is -2.22. The van der Waals surface area contributed by atoms with Crippen LogP contribution in [0.2, 0.25) is 0 Å². The van der Waals surface area contributed by atoms with Crippen LogP contribution in [0.15, 0.2) is 48.5 Å². The highest BCUT2D eigenvalue weighted by atomic mass is 32.1. The first-order valence-corrected chi connectivity index (χ1v) is 8.43. The Labute approximate surface area is 134 Å². The molecular weight excluding hydrogens is 292 g/mol. The van der Waals surface area contributed by atoms with Gasteiger partial charge in [0.15, 0.2) is 5.13 Å². The first-order valence-electron chi connectivity index (χ1n) is 7.61. The van der Waals surface area contributed by atoms with Gasteiger partial charge in [0.1, 0.15) is 5.75 Å². The number of rotatable bonds is 3. The molecule has 0 radical (unpaired) electrons. The van der Waals surface area contributed by atoms with Crippen molar-refractivity contribution in [3.63, 3.8) is 0 Å². The summed E-state index contributed by atoms with van der Waals surface area (Å²) in [5.74, 6) is 0.866. The van der Waals surface area contributed by atoms with E-state index >= 15 is 0 Å². The van der Waals surface area contributed by atoms with Gasteiger partial charge in [-0.1, -0.05) is 41.7 Å². The largest absolute Gasteiger partial charge is 0.497 e. The number of nitrogens with zero attached hydrogens (tertiary/aromatic N) is 2. The molecule has 4 rings (SSSR count). The van der Waals surface area contributed by atoms with Gasteiger partial charge >= 0.3 is 0 Å². The van der Waals surface area contributed by atoms with E-state index in [-0.39, 0.29) is 0 Å². The standard InChI is InChI=1S/C18H18N2OS/c1-21-14-9-10-17-15(12-14)19-18(22-17)20-11-5-8-16(20)13-6-3-2-4-7-13/h2-4,6-7,9-10,12,16H,5,8,11H2,1H3. The molecule has 0 saturated carbocycles. The van der Waals surface area contributed by atoms with Gasteiger partial charge in [-0.25, -0.2) is 4.98 Å². The SMILES string of the molecule is COc1ccc2sc(N3CCCC3c3ccccc3)nc2c1. The summed E-state index contributed by atoms with van der Waals surface area (Å²) in [5.41, 5.74) is 2.41. The lowest BCUT2D eigenvalue weighted by atomic mass is 10.1. The van der Waals surface area contributed by atoms with Crippen molar-refractivity contribution in [3.05, 3.63) is 54.1 Å². The highest BCUT2D eigenvalue weighted by Crippen LogP contribution is 2.40. The molecule has 2 aromatic carbocycles. The minimum Gasteiger partial charge on any atom is -0.497 e. The Kier molecular flexibility index (Phi) is 3.47. The van der Waals surface area contributed by atoms with E-state index in [4.69, 9.17) is 9.72 Å². The number of ether oxygens (including phenoxy) is 1. The van der Waals surface area contributed by atoms with Crippen LogP contribution < -0.4 is 9.64 Å². The van der Waals surface area contributed by atoms with Crippen molar-refractivity contribution in [2.24, 2.45) is 0 Å². The van der Waals surface area contributed by atoms with E-state index in [0.29, 0.717) is 6.04 Å². The van der Waals surface area contributed by atoms with Crippen molar-refractivity contribution in [1.82, 2.24) is 4.98 Å². The molecule has 1 fully saturated rings. The number of anilines is 1. The van der Waals surface area contributed by atoms with Gasteiger partial charge in [0.2, 0.25) is 0 Å². The second kappa shape index (κ2) is 5.61. The van der Waals surface area contributed by atoms with Crippen LogP contribution in [0.1, 0.15) is 24.4 Å². The Bertz CT molecular complexity index is 784. The van der Waals surface area contributed by atoms with Crippen molar-refractivity contribution >= 4 is 26.7 Å². The zero-order valence-corrected chi connectivity index (χ0v) is 13.3. The molecule has 0 bridgehead atoms. The Balaban J connectivity index is 1.71. The number of fused-ring (bicyclic) bond motifs is 1.